The first-order valence-electron chi connectivity index (χ1n) is 5.48. The van der Waals surface area contributed by atoms with Gasteiger partial charge < -0.3 is 15.2 Å². The summed E-state index contributed by atoms with van der Waals surface area (Å²) in [5, 5.41) is 12.1. The minimum absolute atomic E-state index is 0.0835. The molecule has 1 saturated heterocycles. The molecule has 2 atom stereocenters. The standard InChI is InChI=1S/C12H14FNO3/c13-10-4-2-1-3-8(10)7-17-12(16)11-5-9(15)6-14-11/h1-4,9,11,14-15H,5-7H2/t9-,11-/m0/s1. The number of aliphatic hydroxyl groups is 1. The van der Waals surface area contributed by atoms with Crippen molar-refractivity contribution in [1.29, 1.82) is 0 Å². The van der Waals surface area contributed by atoms with Crippen molar-refractivity contribution in [1.82, 2.24) is 5.32 Å². The van der Waals surface area contributed by atoms with Crippen molar-refractivity contribution in [2.75, 3.05) is 6.54 Å². The molecule has 17 heavy (non-hydrogen) atoms. The van der Waals surface area contributed by atoms with Gasteiger partial charge >= 0.3 is 5.97 Å². The molecular weight excluding hydrogens is 225 g/mol. The van der Waals surface area contributed by atoms with E-state index < -0.39 is 18.1 Å². The number of esters is 1. The molecule has 1 aliphatic heterocycles. The zero-order valence-electron chi connectivity index (χ0n) is 9.23. The minimum Gasteiger partial charge on any atom is -0.460 e. The van der Waals surface area contributed by atoms with Crippen LogP contribution >= 0.6 is 0 Å². The summed E-state index contributed by atoms with van der Waals surface area (Å²) >= 11 is 0. The summed E-state index contributed by atoms with van der Waals surface area (Å²) in [6, 6.07) is 5.66. The molecule has 0 unspecified atom stereocenters. The average Bonchev–Trinajstić information content (AvgIpc) is 2.74. The molecule has 2 rings (SSSR count). The Bertz CT molecular complexity index is 410. The molecule has 2 N–H and O–H groups in total. The number of hydrogen-bond donors (Lipinski definition) is 2. The number of carbonyl (C=O) groups excluding carboxylic acids is 1. The van der Waals surface area contributed by atoms with Crippen LogP contribution in [0.5, 0.6) is 0 Å². The first-order chi connectivity index (χ1) is 8.16. The molecule has 4 nitrogen and oxygen atoms in total. The van der Waals surface area contributed by atoms with Crippen LogP contribution in [0.15, 0.2) is 24.3 Å². The Labute approximate surface area is 98.4 Å². The van der Waals surface area contributed by atoms with E-state index in [9.17, 15) is 14.3 Å². The van der Waals surface area contributed by atoms with Crippen molar-refractivity contribution in [2.24, 2.45) is 0 Å². The van der Waals surface area contributed by atoms with E-state index in [1.165, 1.54) is 6.07 Å². The Morgan fingerprint density at radius 1 is 1.53 bits per heavy atom. The predicted octanol–water partition coefficient (Wildman–Crippen LogP) is 0.592. The predicted molar refractivity (Wildman–Crippen MR) is 58.6 cm³/mol. The third kappa shape index (κ3) is 3.01. The van der Waals surface area contributed by atoms with Gasteiger partial charge in [0.25, 0.3) is 0 Å². The molecular formula is C12H14FNO3. The fourth-order valence-corrected chi connectivity index (χ4v) is 1.76. The van der Waals surface area contributed by atoms with Crippen molar-refractivity contribution in [3.05, 3.63) is 35.6 Å². The van der Waals surface area contributed by atoms with Crippen LogP contribution < -0.4 is 5.32 Å². The number of benzene rings is 1. The molecule has 0 spiro atoms. The third-order valence-electron chi connectivity index (χ3n) is 2.72. The van der Waals surface area contributed by atoms with Crippen LogP contribution in [-0.2, 0) is 16.1 Å². The van der Waals surface area contributed by atoms with Crippen molar-refractivity contribution in [2.45, 2.75) is 25.2 Å². The van der Waals surface area contributed by atoms with E-state index in [4.69, 9.17) is 4.74 Å². The number of halogens is 1. The first-order valence-corrected chi connectivity index (χ1v) is 5.48. The summed E-state index contributed by atoms with van der Waals surface area (Å²) in [6.45, 7) is 0.305. The van der Waals surface area contributed by atoms with Crippen LogP contribution in [-0.4, -0.2) is 29.8 Å². The number of aliphatic hydroxyl groups excluding tert-OH is 1. The van der Waals surface area contributed by atoms with Gasteiger partial charge in [0.15, 0.2) is 0 Å². The molecule has 1 aromatic carbocycles. The van der Waals surface area contributed by atoms with E-state index in [0.717, 1.165) is 0 Å². The second-order valence-corrected chi connectivity index (χ2v) is 4.05. The van der Waals surface area contributed by atoms with Gasteiger partial charge in [-0.3, -0.25) is 4.79 Å². The lowest BCUT2D eigenvalue weighted by molar-refractivity contribution is -0.147. The van der Waals surface area contributed by atoms with Crippen LogP contribution in [0.1, 0.15) is 12.0 Å². The molecule has 0 bridgehead atoms. The van der Waals surface area contributed by atoms with Gasteiger partial charge in [0.05, 0.1) is 6.10 Å². The highest BCUT2D eigenvalue weighted by atomic mass is 19.1. The molecule has 0 amide bonds. The third-order valence-corrected chi connectivity index (χ3v) is 2.72. The molecule has 0 radical (unpaired) electrons. The van der Waals surface area contributed by atoms with E-state index in [-0.39, 0.29) is 12.4 Å². The second-order valence-electron chi connectivity index (χ2n) is 4.05. The van der Waals surface area contributed by atoms with Gasteiger partial charge in [0.2, 0.25) is 0 Å². The van der Waals surface area contributed by atoms with Crippen LogP contribution in [0.3, 0.4) is 0 Å². The topological polar surface area (TPSA) is 58.6 Å². The molecule has 92 valence electrons. The van der Waals surface area contributed by atoms with Crippen molar-refractivity contribution in [3.8, 4) is 0 Å². The Morgan fingerprint density at radius 3 is 2.94 bits per heavy atom. The maximum absolute atomic E-state index is 13.2. The number of carbonyl (C=O) groups is 1. The largest absolute Gasteiger partial charge is 0.460 e. The SMILES string of the molecule is O=C(OCc1ccccc1F)[C@@H]1C[C@H](O)CN1. The Balaban J connectivity index is 1.86. The molecule has 0 saturated carbocycles. The van der Waals surface area contributed by atoms with E-state index in [0.29, 0.717) is 18.5 Å². The lowest BCUT2D eigenvalue weighted by Crippen LogP contribution is -2.32. The van der Waals surface area contributed by atoms with Crippen molar-refractivity contribution >= 4 is 5.97 Å². The number of hydrogen-bond acceptors (Lipinski definition) is 4. The summed E-state index contributed by atoms with van der Waals surface area (Å²) in [5.74, 6) is -0.843. The van der Waals surface area contributed by atoms with E-state index >= 15 is 0 Å². The molecule has 0 aromatic heterocycles. The van der Waals surface area contributed by atoms with Crippen LogP contribution in [0.25, 0.3) is 0 Å². The molecule has 1 aromatic rings. The van der Waals surface area contributed by atoms with Gasteiger partial charge in [-0.05, 0) is 6.07 Å². The quantitative estimate of drug-likeness (QED) is 0.758. The van der Waals surface area contributed by atoms with Crippen LogP contribution in [0.4, 0.5) is 4.39 Å². The molecule has 5 heteroatoms. The van der Waals surface area contributed by atoms with Gasteiger partial charge in [-0.2, -0.15) is 0 Å². The fourth-order valence-electron chi connectivity index (χ4n) is 1.76. The molecule has 0 aliphatic carbocycles. The highest BCUT2D eigenvalue weighted by Crippen LogP contribution is 2.11. The normalized spacial score (nSPS) is 23.6. The van der Waals surface area contributed by atoms with Gasteiger partial charge in [-0.25, -0.2) is 4.39 Å². The fraction of sp³-hybridized carbons (Fsp3) is 0.417. The maximum Gasteiger partial charge on any atom is 0.323 e. The first kappa shape index (κ1) is 12.0. The Morgan fingerprint density at radius 2 is 2.29 bits per heavy atom. The summed E-state index contributed by atoms with van der Waals surface area (Å²) in [5.41, 5.74) is 0.347. The zero-order chi connectivity index (χ0) is 12.3. The van der Waals surface area contributed by atoms with Crippen LogP contribution in [0.2, 0.25) is 0 Å². The number of β-amino-alcohol motifs (C(OH)–C–C–N with tert-alkyl or cyclic N) is 1. The number of ether oxygens (including phenoxy) is 1. The van der Waals surface area contributed by atoms with Crippen molar-refractivity contribution < 1.29 is 19.0 Å². The lowest BCUT2D eigenvalue weighted by atomic mass is 10.2. The van der Waals surface area contributed by atoms with Crippen LogP contribution in [0, 0.1) is 5.82 Å². The Kier molecular flexibility index (Phi) is 3.71. The average molecular weight is 239 g/mol. The zero-order valence-corrected chi connectivity index (χ0v) is 9.23. The van der Waals surface area contributed by atoms with Gasteiger partial charge in [0, 0.05) is 18.5 Å². The van der Waals surface area contributed by atoms with Gasteiger partial charge in [0.1, 0.15) is 18.5 Å². The smallest absolute Gasteiger partial charge is 0.323 e. The highest BCUT2D eigenvalue weighted by Gasteiger charge is 2.29. The molecule has 1 fully saturated rings. The summed E-state index contributed by atoms with van der Waals surface area (Å²) < 4.78 is 18.2. The molecule has 1 heterocycles. The van der Waals surface area contributed by atoms with E-state index in [1.807, 2.05) is 0 Å². The number of nitrogens with one attached hydrogen (secondary N) is 1. The van der Waals surface area contributed by atoms with Gasteiger partial charge in [-0.1, -0.05) is 18.2 Å². The monoisotopic (exact) mass is 239 g/mol. The maximum atomic E-state index is 13.2. The van der Waals surface area contributed by atoms with Crippen molar-refractivity contribution in [3.63, 3.8) is 0 Å². The Hall–Kier alpha value is -1.46. The van der Waals surface area contributed by atoms with Gasteiger partial charge in [-0.15, -0.1) is 0 Å². The minimum atomic E-state index is -0.513. The van der Waals surface area contributed by atoms with E-state index in [2.05, 4.69) is 5.32 Å². The summed E-state index contributed by atoms with van der Waals surface area (Å²) in [6.07, 6.45) is -0.170. The summed E-state index contributed by atoms with van der Waals surface area (Å²) in [7, 11) is 0. The highest BCUT2D eigenvalue weighted by molar-refractivity contribution is 5.76. The lowest BCUT2D eigenvalue weighted by Gasteiger charge is -2.10. The molecule has 1 aliphatic rings. The number of rotatable bonds is 3. The van der Waals surface area contributed by atoms with E-state index in [1.54, 1.807) is 18.2 Å². The second kappa shape index (κ2) is 5.25. The summed E-state index contributed by atoms with van der Waals surface area (Å²) in [4.78, 5) is 11.6.